The highest BCUT2D eigenvalue weighted by molar-refractivity contribution is 7.09. The fourth-order valence-electron chi connectivity index (χ4n) is 2.66. The molecule has 8 nitrogen and oxygen atoms in total. The summed E-state index contributed by atoms with van der Waals surface area (Å²) in [5, 5.41) is 6.63. The summed E-state index contributed by atoms with van der Waals surface area (Å²) in [4.78, 5) is 22.0. The van der Waals surface area contributed by atoms with Gasteiger partial charge >= 0.3 is 0 Å². The quantitative estimate of drug-likeness (QED) is 0.854. The first-order valence-corrected chi connectivity index (χ1v) is 8.31. The smallest absolute Gasteiger partial charge is 0.290 e. The van der Waals surface area contributed by atoms with Gasteiger partial charge in [-0.3, -0.25) is 9.69 Å². The predicted molar refractivity (Wildman–Crippen MR) is 82.7 cm³/mol. The van der Waals surface area contributed by atoms with Crippen LogP contribution >= 0.6 is 11.3 Å². The average molecular weight is 337 g/mol. The molecule has 3 rings (SSSR count). The van der Waals surface area contributed by atoms with Crippen LogP contribution in [0.15, 0.2) is 9.90 Å². The van der Waals surface area contributed by atoms with E-state index in [1.807, 2.05) is 12.3 Å². The largest absolute Gasteiger partial charge is 0.375 e. The lowest BCUT2D eigenvalue weighted by Crippen LogP contribution is -2.23. The molecule has 0 spiro atoms. The monoisotopic (exact) mass is 337 g/mol. The van der Waals surface area contributed by atoms with Crippen LogP contribution in [0.1, 0.15) is 59.1 Å². The maximum atomic E-state index is 11.1. The molecule has 9 heteroatoms. The van der Waals surface area contributed by atoms with Gasteiger partial charge in [-0.15, -0.1) is 11.3 Å². The fraction of sp³-hybridized carbons (Fsp3) is 0.571. The molecule has 2 aromatic rings. The second-order valence-electron chi connectivity index (χ2n) is 5.50. The Bertz CT molecular complexity index is 686. The third-order valence-corrected chi connectivity index (χ3v) is 5.00. The Hall–Kier alpha value is -1.84. The molecule has 23 heavy (non-hydrogen) atoms. The highest BCUT2D eigenvalue weighted by Crippen LogP contribution is 2.32. The van der Waals surface area contributed by atoms with Crippen LogP contribution in [0.25, 0.3) is 0 Å². The zero-order chi connectivity index (χ0) is 16.4. The Labute approximate surface area is 137 Å². The number of carbonyl (C=O) groups is 1. The van der Waals surface area contributed by atoms with Crippen LogP contribution in [0.2, 0.25) is 0 Å². The lowest BCUT2D eigenvalue weighted by atomic mass is 10.2. The van der Waals surface area contributed by atoms with E-state index in [0.29, 0.717) is 12.4 Å². The standard InChI is InChI=1S/C14H19N5O3S/c1-8(21-2)14-16-9(7-23-14)6-19-5-3-4-10(19)13-17-12(11(15)20)18-22-13/h7-8,10H,3-6H2,1-2H3,(H2,15,20)/t8-,10-/m1/s1. The van der Waals surface area contributed by atoms with Gasteiger partial charge in [0.15, 0.2) is 0 Å². The van der Waals surface area contributed by atoms with Crippen LogP contribution in [0.4, 0.5) is 0 Å². The summed E-state index contributed by atoms with van der Waals surface area (Å²) < 4.78 is 10.5. The Morgan fingerprint density at radius 3 is 3.13 bits per heavy atom. The molecule has 0 saturated carbocycles. The average Bonchev–Trinajstić information content (AvgIpc) is 3.26. The minimum Gasteiger partial charge on any atom is -0.375 e. The third kappa shape index (κ3) is 3.41. The lowest BCUT2D eigenvalue weighted by molar-refractivity contribution is 0.0987. The van der Waals surface area contributed by atoms with Crippen LogP contribution in [0.5, 0.6) is 0 Å². The molecule has 0 radical (unpaired) electrons. The Kier molecular flexibility index (Phi) is 4.69. The molecule has 1 aliphatic heterocycles. The minimum atomic E-state index is -0.678. The van der Waals surface area contributed by atoms with E-state index >= 15 is 0 Å². The number of primary amides is 1. The summed E-state index contributed by atoms with van der Waals surface area (Å²) in [7, 11) is 1.67. The van der Waals surface area contributed by atoms with Crippen molar-refractivity contribution in [1.29, 1.82) is 0 Å². The van der Waals surface area contributed by atoms with Crippen LogP contribution < -0.4 is 5.73 Å². The van der Waals surface area contributed by atoms with E-state index in [1.165, 1.54) is 0 Å². The molecule has 1 aliphatic rings. The SMILES string of the molecule is CO[C@H](C)c1nc(CN2CCC[C@@H]2c2nc(C(N)=O)no2)cs1. The van der Waals surface area contributed by atoms with E-state index < -0.39 is 5.91 Å². The number of hydrogen-bond acceptors (Lipinski definition) is 8. The van der Waals surface area contributed by atoms with Crippen LogP contribution in [-0.2, 0) is 11.3 Å². The summed E-state index contributed by atoms with van der Waals surface area (Å²) >= 11 is 1.60. The third-order valence-electron chi connectivity index (χ3n) is 3.95. The van der Waals surface area contributed by atoms with Crippen molar-refractivity contribution in [2.45, 2.75) is 38.5 Å². The number of amides is 1. The second kappa shape index (κ2) is 6.73. The maximum absolute atomic E-state index is 11.1. The minimum absolute atomic E-state index is 0.000554. The molecular weight excluding hydrogens is 318 g/mol. The van der Waals surface area contributed by atoms with Gasteiger partial charge in [0.1, 0.15) is 11.1 Å². The van der Waals surface area contributed by atoms with Crippen molar-refractivity contribution in [2.75, 3.05) is 13.7 Å². The van der Waals surface area contributed by atoms with Crippen molar-refractivity contribution in [3.63, 3.8) is 0 Å². The molecule has 0 aromatic carbocycles. The van der Waals surface area contributed by atoms with Crippen molar-refractivity contribution in [1.82, 2.24) is 20.0 Å². The summed E-state index contributed by atoms with van der Waals surface area (Å²) in [5.41, 5.74) is 6.17. The lowest BCUT2D eigenvalue weighted by Gasteiger charge is -2.20. The molecule has 2 N–H and O–H groups in total. The Morgan fingerprint density at radius 2 is 2.43 bits per heavy atom. The van der Waals surface area contributed by atoms with Gasteiger partial charge in [0.05, 0.1) is 11.7 Å². The van der Waals surface area contributed by atoms with Crippen molar-refractivity contribution >= 4 is 17.2 Å². The number of hydrogen-bond donors (Lipinski definition) is 1. The van der Waals surface area contributed by atoms with Gasteiger partial charge in [-0.1, -0.05) is 5.16 Å². The normalized spacial score (nSPS) is 20.0. The van der Waals surface area contributed by atoms with E-state index in [1.54, 1.807) is 18.4 Å². The maximum Gasteiger partial charge on any atom is 0.290 e. The highest BCUT2D eigenvalue weighted by Gasteiger charge is 2.31. The molecule has 0 aliphatic carbocycles. The molecule has 0 unspecified atom stereocenters. The van der Waals surface area contributed by atoms with Crippen LogP contribution in [0.3, 0.4) is 0 Å². The Balaban J connectivity index is 1.71. The molecule has 3 heterocycles. The fourth-order valence-corrected chi connectivity index (χ4v) is 3.50. The molecule has 1 fully saturated rings. The van der Waals surface area contributed by atoms with Gasteiger partial charge in [0.25, 0.3) is 11.7 Å². The number of nitrogens with zero attached hydrogens (tertiary/aromatic N) is 4. The molecule has 0 bridgehead atoms. The number of methoxy groups -OCH3 is 1. The van der Waals surface area contributed by atoms with Gasteiger partial charge in [-0.05, 0) is 26.3 Å². The summed E-state index contributed by atoms with van der Waals surface area (Å²) in [5.74, 6) is -0.309. The van der Waals surface area contributed by atoms with Gasteiger partial charge in [-0.2, -0.15) is 4.98 Å². The summed E-state index contributed by atoms with van der Waals surface area (Å²) in [6.45, 7) is 3.60. The van der Waals surface area contributed by atoms with Crippen molar-refractivity contribution in [3.05, 3.63) is 27.8 Å². The predicted octanol–water partition coefficient (Wildman–Crippen LogP) is 1.67. The van der Waals surface area contributed by atoms with Gasteiger partial charge in [0.2, 0.25) is 5.89 Å². The van der Waals surface area contributed by atoms with Crippen molar-refractivity contribution < 1.29 is 14.1 Å². The molecule has 1 amide bonds. The van der Waals surface area contributed by atoms with Gasteiger partial charge in [0, 0.05) is 19.0 Å². The highest BCUT2D eigenvalue weighted by atomic mass is 32.1. The van der Waals surface area contributed by atoms with Crippen molar-refractivity contribution in [2.24, 2.45) is 5.73 Å². The second-order valence-corrected chi connectivity index (χ2v) is 6.39. The first kappa shape index (κ1) is 16.0. The number of thiazole rings is 1. The van der Waals surface area contributed by atoms with Crippen LogP contribution in [-0.4, -0.2) is 39.6 Å². The number of carbonyl (C=O) groups excluding carboxylic acids is 1. The summed E-state index contributed by atoms with van der Waals surface area (Å²) in [6, 6.07) is 0.000554. The first-order chi connectivity index (χ1) is 11.1. The van der Waals surface area contributed by atoms with Gasteiger partial charge in [-0.25, -0.2) is 4.98 Å². The number of ether oxygens (including phenoxy) is 1. The summed E-state index contributed by atoms with van der Waals surface area (Å²) in [6.07, 6.45) is 1.94. The van der Waals surface area contributed by atoms with E-state index in [9.17, 15) is 4.79 Å². The van der Waals surface area contributed by atoms with Crippen LogP contribution in [0, 0.1) is 0 Å². The molecular formula is C14H19N5O3S. The van der Waals surface area contributed by atoms with E-state index in [0.717, 1.165) is 30.1 Å². The number of aromatic nitrogens is 3. The molecule has 2 aromatic heterocycles. The molecule has 124 valence electrons. The topological polar surface area (TPSA) is 107 Å². The van der Waals surface area contributed by atoms with E-state index in [2.05, 4.69) is 20.0 Å². The number of rotatable bonds is 6. The van der Waals surface area contributed by atoms with Crippen molar-refractivity contribution in [3.8, 4) is 0 Å². The van der Waals surface area contributed by atoms with Gasteiger partial charge < -0.3 is 15.0 Å². The number of nitrogens with two attached hydrogens (primary N) is 1. The number of likely N-dealkylation sites (tertiary alicyclic amines) is 1. The van der Waals surface area contributed by atoms with E-state index in [4.69, 9.17) is 15.0 Å². The zero-order valence-electron chi connectivity index (χ0n) is 13.1. The first-order valence-electron chi connectivity index (χ1n) is 7.43. The molecule has 2 atom stereocenters. The Morgan fingerprint density at radius 1 is 1.61 bits per heavy atom. The van der Waals surface area contributed by atoms with E-state index in [-0.39, 0.29) is 18.0 Å². The zero-order valence-corrected chi connectivity index (χ0v) is 13.9. The molecule has 1 saturated heterocycles.